The molecule has 3 nitrogen and oxygen atoms in total. The SMILES string of the molecule is Cc1cc(NN2CCCCC2)ccc1C(N)=S. The lowest BCUT2D eigenvalue weighted by atomic mass is 10.1. The maximum atomic E-state index is 5.65. The van der Waals surface area contributed by atoms with Crippen molar-refractivity contribution in [3.63, 3.8) is 0 Å². The maximum Gasteiger partial charge on any atom is 0.104 e. The maximum absolute atomic E-state index is 5.65. The molecule has 1 saturated heterocycles. The van der Waals surface area contributed by atoms with Crippen LogP contribution in [0.2, 0.25) is 0 Å². The zero-order valence-electron chi connectivity index (χ0n) is 10.2. The van der Waals surface area contributed by atoms with Gasteiger partial charge in [-0.1, -0.05) is 18.6 Å². The molecule has 1 aromatic carbocycles. The van der Waals surface area contributed by atoms with Gasteiger partial charge >= 0.3 is 0 Å². The van der Waals surface area contributed by atoms with Crippen LogP contribution in [0.15, 0.2) is 18.2 Å². The fourth-order valence-corrected chi connectivity index (χ4v) is 2.43. The third-order valence-electron chi connectivity index (χ3n) is 3.14. The molecular weight excluding hydrogens is 230 g/mol. The number of piperidine rings is 1. The highest BCUT2D eigenvalue weighted by molar-refractivity contribution is 7.80. The number of thiocarbonyl (C=S) groups is 1. The zero-order valence-corrected chi connectivity index (χ0v) is 11.0. The number of hydrogen-bond donors (Lipinski definition) is 2. The molecule has 2 rings (SSSR count). The van der Waals surface area contributed by atoms with Crippen LogP contribution in [0.1, 0.15) is 30.4 Å². The van der Waals surface area contributed by atoms with E-state index in [1.165, 1.54) is 19.3 Å². The van der Waals surface area contributed by atoms with E-state index in [1.807, 2.05) is 19.1 Å². The monoisotopic (exact) mass is 249 g/mol. The molecule has 1 heterocycles. The number of nitrogens with two attached hydrogens (primary N) is 1. The molecular formula is C13H19N3S. The average molecular weight is 249 g/mol. The third kappa shape index (κ3) is 3.17. The van der Waals surface area contributed by atoms with Crippen molar-refractivity contribution in [2.45, 2.75) is 26.2 Å². The molecule has 17 heavy (non-hydrogen) atoms. The predicted molar refractivity (Wildman–Crippen MR) is 76.1 cm³/mol. The number of rotatable bonds is 3. The molecule has 0 radical (unpaired) electrons. The summed E-state index contributed by atoms with van der Waals surface area (Å²) in [5.41, 5.74) is 12.3. The Bertz CT molecular complexity index is 411. The quantitative estimate of drug-likeness (QED) is 0.807. The molecule has 3 N–H and O–H groups in total. The second-order valence-electron chi connectivity index (χ2n) is 4.55. The van der Waals surface area contributed by atoms with Crippen LogP contribution in [0, 0.1) is 6.92 Å². The first-order valence-corrected chi connectivity index (χ1v) is 6.50. The largest absolute Gasteiger partial charge is 0.389 e. The van der Waals surface area contributed by atoms with Crippen molar-refractivity contribution >= 4 is 22.9 Å². The molecule has 92 valence electrons. The van der Waals surface area contributed by atoms with E-state index >= 15 is 0 Å². The summed E-state index contributed by atoms with van der Waals surface area (Å²) in [6, 6.07) is 6.13. The normalized spacial score (nSPS) is 16.8. The highest BCUT2D eigenvalue weighted by atomic mass is 32.1. The number of anilines is 1. The molecule has 1 aliphatic rings. The van der Waals surface area contributed by atoms with E-state index in [4.69, 9.17) is 18.0 Å². The molecule has 0 aliphatic carbocycles. The Morgan fingerprint density at radius 2 is 2.00 bits per heavy atom. The first kappa shape index (κ1) is 12.3. The number of hydrogen-bond acceptors (Lipinski definition) is 3. The van der Waals surface area contributed by atoms with Crippen LogP contribution in [0.4, 0.5) is 5.69 Å². The molecule has 1 aromatic rings. The van der Waals surface area contributed by atoms with Crippen molar-refractivity contribution in [2.75, 3.05) is 18.5 Å². The third-order valence-corrected chi connectivity index (χ3v) is 3.36. The molecule has 0 atom stereocenters. The summed E-state index contributed by atoms with van der Waals surface area (Å²) in [6.45, 7) is 4.28. The second kappa shape index (κ2) is 5.47. The van der Waals surface area contributed by atoms with Gasteiger partial charge in [0.25, 0.3) is 0 Å². The highest BCUT2D eigenvalue weighted by Gasteiger charge is 2.10. The Morgan fingerprint density at radius 3 is 2.59 bits per heavy atom. The Hall–Kier alpha value is -1.13. The molecule has 0 spiro atoms. The van der Waals surface area contributed by atoms with E-state index in [9.17, 15) is 0 Å². The second-order valence-corrected chi connectivity index (χ2v) is 4.99. The van der Waals surface area contributed by atoms with Crippen molar-refractivity contribution in [3.05, 3.63) is 29.3 Å². The summed E-state index contributed by atoms with van der Waals surface area (Å²) in [5.74, 6) is 0. The fourth-order valence-electron chi connectivity index (χ4n) is 2.20. The summed E-state index contributed by atoms with van der Waals surface area (Å²) in [5, 5.41) is 2.28. The number of hydrazine groups is 1. The lowest BCUT2D eigenvalue weighted by Crippen LogP contribution is -2.34. The van der Waals surface area contributed by atoms with E-state index in [1.54, 1.807) is 0 Å². The van der Waals surface area contributed by atoms with Crippen LogP contribution in [0.5, 0.6) is 0 Å². The predicted octanol–water partition coefficient (Wildman–Crippen LogP) is 2.44. The first-order chi connectivity index (χ1) is 8.16. The topological polar surface area (TPSA) is 41.3 Å². The van der Waals surface area contributed by atoms with E-state index < -0.39 is 0 Å². The van der Waals surface area contributed by atoms with Gasteiger partial charge in [-0.2, -0.15) is 0 Å². The van der Waals surface area contributed by atoms with Crippen LogP contribution in [-0.4, -0.2) is 23.1 Å². The molecule has 1 aliphatic heterocycles. The Labute approximate surface area is 108 Å². The fraction of sp³-hybridized carbons (Fsp3) is 0.462. The van der Waals surface area contributed by atoms with Crippen LogP contribution in [0.25, 0.3) is 0 Å². The van der Waals surface area contributed by atoms with Crippen molar-refractivity contribution in [2.24, 2.45) is 5.73 Å². The number of nitrogens with zero attached hydrogens (tertiary/aromatic N) is 1. The van der Waals surface area contributed by atoms with Crippen molar-refractivity contribution in [3.8, 4) is 0 Å². The minimum atomic E-state index is 0.465. The molecule has 0 aromatic heterocycles. The standard InChI is InChI=1S/C13H19N3S/c1-10-9-11(5-6-12(10)13(14)17)15-16-7-3-2-4-8-16/h5-6,9,15H,2-4,7-8H2,1H3,(H2,14,17). The molecule has 0 unspecified atom stereocenters. The summed E-state index contributed by atoms with van der Waals surface area (Å²) in [7, 11) is 0. The highest BCUT2D eigenvalue weighted by Crippen LogP contribution is 2.17. The van der Waals surface area contributed by atoms with Gasteiger partial charge in [0.1, 0.15) is 4.99 Å². The Morgan fingerprint density at radius 1 is 1.29 bits per heavy atom. The molecule has 1 fully saturated rings. The van der Waals surface area contributed by atoms with Gasteiger partial charge in [-0.25, -0.2) is 5.01 Å². The number of benzene rings is 1. The minimum absolute atomic E-state index is 0.465. The first-order valence-electron chi connectivity index (χ1n) is 6.09. The lowest BCUT2D eigenvalue weighted by molar-refractivity contribution is 0.273. The molecule has 0 amide bonds. The van der Waals surface area contributed by atoms with Gasteiger partial charge in [-0.3, -0.25) is 0 Å². The van der Waals surface area contributed by atoms with Crippen molar-refractivity contribution in [1.82, 2.24) is 5.01 Å². The lowest BCUT2D eigenvalue weighted by Gasteiger charge is -2.28. The molecule has 4 heteroatoms. The Balaban J connectivity index is 2.06. The Kier molecular flexibility index (Phi) is 3.97. The van der Waals surface area contributed by atoms with Crippen molar-refractivity contribution in [1.29, 1.82) is 0 Å². The smallest absolute Gasteiger partial charge is 0.104 e. The molecule has 0 saturated carbocycles. The van der Waals surface area contributed by atoms with Gasteiger partial charge in [-0.05, 0) is 43.5 Å². The number of nitrogens with one attached hydrogen (secondary N) is 1. The van der Waals surface area contributed by atoms with Crippen LogP contribution >= 0.6 is 12.2 Å². The summed E-state index contributed by atoms with van der Waals surface area (Å²) in [6.07, 6.45) is 3.89. The number of aryl methyl sites for hydroxylation is 1. The summed E-state index contributed by atoms with van der Waals surface area (Å²) >= 11 is 5.00. The van der Waals surface area contributed by atoms with Gasteiger partial charge in [-0.15, -0.1) is 0 Å². The van der Waals surface area contributed by atoms with E-state index in [0.29, 0.717) is 4.99 Å². The zero-order chi connectivity index (χ0) is 12.3. The van der Waals surface area contributed by atoms with Crippen molar-refractivity contribution < 1.29 is 0 Å². The summed E-state index contributed by atoms with van der Waals surface area (Å²) < 4.78 is 0. The van der Waals surface area contributed by atoms with Gasteiger partial charge in [0.05, 0.1) is 0 Å². The molecule has 0 bridgehead atoms. The van der Waals surface area contributed by atoms with Gasteiger partial charge in [0, 0.05) is 24.3 Å². The van der Waals surface area contributed by atoms with E-state index in [0.717, 1.165) is 29.9 Å². The van der Waals surface area contributed by atoms with Crippen LogP contribution in [-0.2, 0) is 0 Å². The van der Waals surface area contributed by atoms with E-state index in [2.05, 4.69) is 16.5 Å². The van der Waals surface area contributed by atoms with E-state index in [-0.39, 0.29) is 0 Å². The van der Waals surface area contributed by atoms with Gasteiger partial charge < -0.3 is 11.2 Å². The minimum Gasteiger partial charge on any atom is -0.389 e. The van der Waals surface area contributed by atoms with Gasteiger partial charge in [0.15, 0.2) is 0 Å². The van der Waals surface area contributed by atoms with Gasteiger partial charge in [0.2, 0.25) is 0 Å². The summed E-state index contributed by atoms with van der Waals surface area (Å²) in [4.78, 5) is 0.465. The van der Waals surface area contributed by atoms with Crippen LogP contribution < -0.4 is 11.2 Å². The average Bonchev–Trinajstić information content (AvgIpc) is 2.30. The van der Waals surface area contributed by atoms with Crippen LogP contribution in [0.3, 0.4) is 0 Å².